The molecule has 1 unspecified atom stereocenters. The lowest BCUT2D eigenvalue weighted by atomic mass is 10.2. The van der Waals surface area contributed by atoms with Crippen LogP contribution in [0.2, 0.25) is 0 Å². The third kappa shape index (κ3) is 6.18. The number of rotatable bonds is 9. The first-order chi connectivity index (χ1) is 23.3. The number of fused-ring (bicyclic) bond motifs is 1. The zero-order chi connectivity index (χ0) is 33.4. The van der Waals surface area contributed by atoms with E-state index in [-0.39, 0.29) is 39.7 Å². The third-order valence-electron chi connectivity index (χ3n) is 8.39. The number of hydrogen-bond acceptors (Lipinski definition) is 8. The van der Waals surface area contributed by atoms with E-state index in [1.807, 2.05) is 66.0 Å². The monoisotopic (exact) mass is 742 g/mol. The van der Waals surface area contributed by atoms with Crippen molar-refractivity contribution in [2.75, 3.05) is 23.8 Å². The summed E-state index contributed by atoms with van der Waals surface area (Å²) < 4.78 is 11.5. The van der Waals surface area contributed by atoms with Gasteiger partial charge in [0, 0.05) is 29.1 Å². The number of benzene rings is 3. The van der Waals surface area contributed by atoms with Gasteiger partial charge in [0.1, 0.15) is 5.69 Å². The van der Waals surface area contributed by atoms with Crippen molar-refractivity contribution in [3.8, 4) is 22.6 Å². The predicted octanol–water partition coefficient (Wildman–Crippen LogP) is 6.37. The Labute approximate surface area is 292 Å². The van der Waals surface area contributed by atoms with Crippen LogP contribution in [0, 0.1) is 6.92 Å². The van der Waals surface area contributed by atoms with Crippen LogP contribution in [-0.2, 0) is 16.6 Å². The first-order valence-corrected chi connectivity index (χ1v) is 18.1. The maximum absolute atomic E-state index is 14.1. The molecule has 0 saturated carbocycles. The van der Waals surface area contributed by atoms with Gasteiger partial charge in [-0.15, -0.1) is 11.3 Å². The Bertz CT molecular complexity index is 2240. The lowest BCUT2D eigenvalue weighted by molar-refractivity contribution is -0.116. The summed E-state index contributed by atoms with van der Waals surface area (Å²) in [5.74, 6) is -0.239. The van der Waals surface area contributed by atoms with E-state index >= 15 is 0 Å². The molecular weight excluding hydrogens is 712 g/mol. The number of carbonyl (C=O) groups is 1. The highest BCUT2D eigenvalue weighted by atomic mass is 79.9. The number of hydrogen-bond donors (Lipinski definition) is 0. The van der Waals surface area contributed by atoms with Crippen molar-refractivity contribution in [3.05, 3.63) is 115 Å². The molecule has 1 aliphatic rings. The molecule has 6 aromatic rings. The van der Waals surface area contributed by atoms with Crippen molar-refractivity contribution in [3.63, 3.8) is 0 Å². The second kappa shape index (κ2) is 13.7. The van der Waals surface area contributed by atoms with Crippen LogP contribution in [0.1, 0.15) is 18.5 Å². The summed E-state index contributed by atoms with van der Waals surface area (Å²) in [5, 5.41) is 3.15. The largest absolute Gasteiger partial charge is 0.376 e. The fourth-order valence-corrected chi connectivity index (χ4v) is 7.84. The van der Waals surface area contributed by atoms with Gasteiger partial charge in [0.2, 0.25) is 5.91 Å². The smallest absolute Gasteiger partial charge is 0.296 e. The number of anilines is 1. The molecule has 48 heavy (non-hydrogen) atoms. The zero-order valence-corrected chi connectivity index (χ0v) is 29.4. The lowest BCUT2D eigenvalue weighted by Crippen LogP contribution is -2.38. The Kier molecular flexibility index (Phi) is 9.19. The number of amides is 1. The van der Waals surface area contributed by atoms with Crippen molar-refractivity contribution in [2.24, 2.45) is 7.05 Å². The Morgan fingerprint density at radius 3 is 2.52 bits per heavy atom. The average Bonchev–Trinajstić information content (AvgIpc) is 3.85. The maximum Gasteiger partial charge on any atom is 0.296 e. The Morgan fingerprint density at radius 2 is 1.77 bits per heavy atom. The molecule has 0 radical (unpaired) electrons. The third-order valence-corrected chi connectivity index (χ3v) is 10.7. The first kappa shape index (κ1) is 32.3. The summed E-state index contributed by atoms with van der Waals surface area (Å²) in [7, 11) is 1.78. The summed E-state index contributed by atoms with van der Waals surface area (Å²) in [4.78, 5) is 53.6. The molecule has 3 aromatic carbocycles. The van der Waals surface area contributed by atoms with Crippen LogP contribution in [-0.4, -0.2) is 54.8 Å². The molecule has 0 bridgehead atoms. The second-order valence-electron chi connectivity index (χ2n) is 11.4. The number of carbonyl (C=O) groups excluding carboxylic acids is 1. The number of ether oxygens (including phenoxy) is 1. The van der Waals surface area contributed by atoms with Crippen molar-refractivity contribution in [2.45, 2.75) is 31.0 Å². The van der Waals surface area contributed by atoms with Gasteiger partial charge in [0.15, 0.2) is 10.3 Å². The van der Waals surface area contributed by atoms with Crippen LogP contribution in [0.15, 0.2) is 103 Å². The molecule has 244 valence electrons. The van der Waals surface area contributed by atoms with Gasteiger partial charge in [-0.05, 0) is 56.2 Å². The van der Waals surface area contributed by atoms with Crippen LogP contribution in [0.3, 0.4) is 0 Å². The Hall–Kier alpha value is -4.30. The van der Waals surface area contributed by atoms with E-state index in [2.05, 4.69) is 15.9 Å². The number of aromatic nitrogens is 5. The molecule has 0 N–H and O–H groups in total. The normalized spacial score (nSPS) is 14.5. The van der Waals surface area contributed by atoms with Gasteiger partial charge in [0.25, 0.3) is 11.1 Å². The van der Waals surface area contributed by atoms with Gasteiger partial charge >= 0.3 is 0 Å². The van der Waals surface area contributed by atoms with Crippen LogP contribution in [0.5, 0.6) is 0 Å². The lowest BCUT2D eigenvalue weighted by Gasteiger charge is -2.23. The summed E-state index contributed by atoms with van der Waals surface area (Å²) >= 11 is 6.01. The second-order valence-corrected chi connectivity index (χ2v) is 14.1. The van der Waals surface area contributed by atoms with Gasteiger partial charge in [-0.25, -0.2) is 19.2 Å². The maximum atomic E-state index is 14.1. The van der Waals surface area contributed by atoms with Crippen LogP contribution in [0.25, 0.3) is 33.5 Å². The molecule has 4 heterocycles. The summed E-state index contributed by atoms with van der Waals surface area (Å²) in [6.45, 7) is 2.82. The van der Waals surface area contributed by atoms with Crippen molar-refractivity contribution >= 4 is 61.0 Å². The molecule has 1 amide bonds. The highest BCUT2D eigenvalue weighted by Gasteiger charge is 2.28. The van der Waals surface area contributed by atoms with Gasteiger partial charge in [0.05, 0.1) is 46.4 Å². The van der Waals surface area contributed by atoms with E-state index in [4.69, 9.17) is 14.7 Å². The molecule has 1 saturated heterocycles. The van der Waals surface area contributed by atoms with Crippen molar-refractivity contribution in [1.29, 1.82) is 0 Å². The number of thiazole rings is 1. The minimum absolute atomic E-state index is 0.0382. The van der Waals surface area contributed by atoms with Crippen molar-refractivity contribution < 1.29 is 9.53 Å². The Morgan fingerprint density at radius 1 is 1.02 bits per heavy atom. The molecule has 1 fully saturated rings. The highest BCUT2D eigenvalue weighted by molar-refractivity contribution is 9.10. The first-order valence-electron chi connectivity index (χ1n) is 15.4. The van der Waals surface area contributed by atoms with Crippen molar-refractivity contribution in [1.82, 2.24) is 23.9 Å². The van der Waals surface area contributed by atoms with Gasteiger partial charge in [-0.3, -0.25) is 24.0 Å². The Balaban J connectivity index is 1.26. The topological polar surface area (TPSA) is 104 Å². The molecular formula is C35H31BrN6O4S2. The molecule has 10 nitrogen and oxygen atoms in total. The van der Waals surface area contributed by atoms with E-state index < -0.39 is 0 Å². The van der Waals surface area contributed by atoms with E-state index in [1.165, 1.54) is 20.6 Å². The number of thioether (sulfide) groups is 1. The number of nitrogens with zero attached hydrogens (tertiary/aromatic N) is 6. The quantitative estimate of drug-likeness (QED) is 0.125. The molecule has 1 atom stereocenters. The van der Waals surface area contributed by atoms with Crippen LogP contribution < -0.4 is 16.0 Å². The van der Waals surface area contributed by atoms with E-state index in [9.17, 15) is 14.4 Å². The molecule has 7 rings (SSSR count). The fourth-order valence-electron chi connectivity index (χ4n) is 5.84. The minimum atomic E-state index is -0.378. The fraction of sp³-hybridized carbons (Fsp3) is 0.229. The van der Waals surface area contributed by atoms with E-state index in [0.717, 1.165) is 40.3 Å². The average molecular weight is 744 g/mol. The highest BCUT2D eigenvalue weighted by Crippen LogP contribution is 2.31. The summed E-state index contributed by atoms with van der Waals surface area (Å²) in [6.07, 6.45) is 1.70. The predicted molar refractivity (Wildman–Crippen MR) is 194 cm³/mol. The van der Waals surface area contributed by atoms with Gasteiger partial charge in [-0.1, -0.05) is 70.2 Å². The van der Waals surface area contributed by atoms with E-state index in [0.29, 0.717) is 40.6 Å². The SMILES string of the molecule is Cc1c(-n2c(SCC(=O)N(CC3CCCO3)c3nc(-c4ccc(Br)cc4)cs3)nc3ccccc3c2=O)c(=O)n(-c2ccccc2)n1C. The number of para-hydroxylation sites is 2. The van der Waals surface area contributed by atoms with Crippen LogP contribution in [0.4, 0.5) is 5.13 Å². The molecule has 1 aliphatic heterocycles. The van der Waals surface area contributed by atoms with Gasteiger partial charge < -0.3 is 4.74 Å². The molecule has 13 heteroatoms. The molecule has 0 aliphatic carbocycles. The zero-order valence-electron chi connectivity index (χ0n) is 26.2. The minimum Gasteiger partial charge on any atom is -0.376 e. The van der Waals surface area contributed by atoms with Crippen LogP contribution >= 0.6 is 39.0 Å². The summed E-state index contributed by atoms with van der Waals surface area (Å²) in [5.41, 5.74) is 2.91. The van der Waals surface area contributed by atoms with Gasteiger partial charge in [-0.2, -0.15) is 0 Å². The number of halogens is 1. The standard InChI is InChI=1S/C35H31BrN6O4S2/c1-22-31(33(45)42(39(22)2)25-9-4-3-5-10-25)41-32(44)27-12-6-7-13-28(27)37-35(41)48-21-30(43)40(19-26-11-8-18-46-26)34-38-29(20-47-34)23-14-16-24(36)17-15-23/h3-7,9-10,12-17,20,26H,8,11,18-19,21H2,1-2H3. The van der Waals surface area contributed by atoms with E-state index in [1.54, 1.807) is 41.8 Å². The molecule has 0 spiro atoms. The molecule has 3 aromatic heterocycles. The summed E-state index contributed by atoms with van der Waals surface area (Å²) in [6, 6.07) is 24.2.